The Bertz CT molecular complexity index is 702. The second-order valence-corrected chi connectivity index (χ2v) is 5.39. The Morgan fingerprint density at radius 2 is 2.16 bits per heavy atom. The number of imidazole rings is 1. The van der Waals surface area contributed by atoms with Crippen molar-refractivity contribution in [2.75, 3.05) is 31.2 Å². The monoisotopic (exact) mass is 255 g/mol. The molecule has 0 saturated carbocycles. The van der Waals surface area contributed by atoms with Crippen molar-refractivity contribution in [3.8, 4) is 12.3 Å². The third-order valence-electron chi connectivity index (χ3n) is 3.84. The highest BCUT2D eigenvalue weighted by Gasteiger charge is 2.50. The molecule has 6 nitrogen and oxygen atoms in total. The largest absolute Gasteiger partial charge is 0.380 e. The quantitative estimate of drug-likeness (QED) is 0.680. The zero-order valence-corrected chi connectivity index (χ0v) is 10.6. The van der Waals surface area contributed by atoms with Gasteiger partial charge in [-0.15, -0.1) is 6.42 Å². The summed E-state index contributed by atoms with van der Waals surface area (Å²) in [7, 11) is 1.91. The van der Waals surface area contributed by atoms with Gasteiger partial charge in [0.25, 0.3) is 0 Å². The summed E-state index contributed by atoms with van der Waals surface area (Å²) in [6.07, 6.45) is 7.18. The van der Waals surface area contributed by atoms with E-state index in [0.29, 0.717) is 11.2 Å². The van der Waals surface area contributed by atoms with E-state index >= 15 is 0 Å². The molecule has 4 heterocycles. The maximum absolute atomic E-state index is 5.44. The average molecular weight is 255 g/mol. The Hall–Kier alpha value is -2.13. The fraction of sp³-hybridized carbons (Fsp3) is 0.462. The molecule has 2 aliphatic rings. The molecule has 0 amide bonds. The minimum atomic E-state index is 0.336. The minimum Gasteiger partial charge on any atom is -0.380 e. The highest BCUT2D eigenvalue weighted by molar-refractivity contribution is 5.84. The number of ether oxygens (including phenoxy) is 1. The van der Waals surface area contributed by atoms with Crippen LogP contribution >= 0.6 is 0 Å². The molecule has 4 rings (SSSR count). The smallest absolute Gasteiger partial charge is 0.208 e. The minimum absolute atomic E-state index is 0.336. The maximum atomic E-state index is 5.44. The molecule has 2 aliphatic heterocycles. The van der Waals surface area contributed by atoms with Gasteiger partial charge in [0.05, 0.1) is 25.0 Å². The van der Waals surface area contributed by atoms with Gasteiger partial charge in [-0.05, 0) is 5.92 Å². The fourth-order valence-electron chi connectivity index (χ4n) is 2.76. The second-order valence-electron chi connectivity index (χ2n) is 5.39. The Kier molecular flexibility index (Phi) is 1.96. The molecule has 96 valence electrons. The lowest BCUT2D eigenvalue weighted by Crippen LogP contribution is -2.66. The summed E-state index contributed by atoms with van der Waals surface area (Å²) in [5.74, 6) is 3.77. The third-order valence-corrected chi connectivity index (χ3v) is 3.84. The normalized spacial score (nSPS) is 20.1. The molecular formula is C13H13N5O. The number of aromatic nitrogens is 4. The average Bonchev–Trinajstić information content (AvgIpc) is 2.67. The van der Waals surface area contributed by atoms with Gasteiger partial charge >= 0.3 is 0 Å². The van der Waals surface area contributed by atoms with Gasteiger partial charge in [0.1, 0.15) is 0 Å². The lowest BCUT2D eigenvalue weighted by Gasteiger charge is -2.55. The number of nitrogens with zero attached hydrogens (tertiary/aromatic N) is 5. The summed E-state index contributed by atoms with van der Waals surface area (Å²) in [4.78, 5) is 15.4. The summed E-state index contributed by atoms with van der Waals surface area (Å²) in [6.45, 7) is 3.61. The zero-order valence-electron chi connectivity index (χ0n) is 10.6. The van der Waals surface area contributed by atoms with E-state index in [1.54, 1.807) is 6.33 Å². The number of fused-ring (bicyclic) bond motifs is 1. The summed E-state index contributed by atoms with van der Waals surface area (Å²) < 4.78 is 7.15. The van der Waals surface area contributed by atoms with Crippen LogP contribution in [0, 0.1) is 17.8 Å². The van der Waals surface area contributed by atoms with Gasteiger partial charge < -0.3 is 14.2 Å². The van der Waals surface area contributed by atoms with Gasteiger partial charge in [-0.3, -0.25) is 0 Å². The van der Waals surface area contributed by atoms with E-state index in [1.807, 2.05) is 11.6 Å². The van der Waals surface area contributed by atoms with Crippen LogP contribution in [-0.2, 0) is 11.8 Å². The summed E-state index contributed by atoms with van der Waals surface area (Å²) in [5, 5.41) is 0. The number of hydrogen-bond acceptors (Lipinski definition) is 5. The Labute approximate surface area is 110 Å². The van der Waals surface area contributed by atoms with Gasteiger partial charge in [-0.25, -0.2) is 15.0 Å². The number of terminal acetylenes is 1. The van der Waals surface area contributed by atoms with Crippen LogP contribution < -0.4 is 4.90 Å². The van der Waals surface area contributed by atoms with Crippen LogP contribution in [0.15, 0.2) is 6.33 Å². The molecule has 6 heteroatoms. The molecule has 1 spiro atoms. The van der Waals surface area contributed by atoms with Crippen LogP contribution in [-0.4, -0.2) is 45.8 Å². The van der Waals surface area contributed by atoms with Crippen molar-refractivity contribution in [3.63, 3.8) is 0 Å². The van der Waals surface area contributed by atoms with Gasteiger partial charge in [0.15, 0.2) is 17.0 Å². The lowest BCUT2D eigenvalue weighted by molar-refractivity contribution is -0.127. The number of anilines is 1. The SMILES string of the molecule is C#Cc1nc(N2CC3(COC3)C2)c2ncn(C)c2n1. The van der Waals surface area contributed by atoms with Crippen molar-refractivity contribution in [2.24, 2.45) is 12.5 Å². The Morgan fingerprint density at radius 3 is 2.79 bits per heavy atom. The highest BCUT2D eigenvalue weighted by atomic mass is 16.5. The van der Waals surface area contributed by atoms with Crippen molar-refractivity contribution in [2.45, 2.75) is 0 Å². The van der Waals surface area contributed by atoms with E-state index in [-0.39, 0.29) is 0 Å². The first-order valence-corrected chi connectivity index (χ1v) is 6.19. The summed E-state index contributed by atoms with van der Waals surface area (Å²) in [5.41, 5.74) is 1.93. The molecule has 2 saturated heterocycles. The highest BCUT2D eigenvalue weighted by Crippen LogP contribution is 2.40. The van der Waals surface area contributed by atoms with Crippen molar-refractivity contribution in [1.29, 1.82) is 0 Å². The van der Waals surface area contributed by atoms with E-state index in [9.17, 15) is 0 Å². The van der Waals surface area contributed by atoms with E-state index in [4.69, 9.17) is 11.2 Å². The first kappa shape index (κ1) is 10.8. The van der Waals surface area contributed by atoms with Gasteiger partial charge in [-0.2, -0.15) is 0 Å². The molecule has 2 fully saturated rings. The first-order chi connectivity index (χ1) is 9.21. The molecule has 0 radical (unpaired) electrons. The first-order valence-electron chi connectivity index (χ1n) is 6.19. The van der Waals surface area contributed by atoms with Gasteiger partial charge in [0, 0.05) is 20.1 Å². The van der Waals surface area contributed by atoms with Crippen LogP contribution in [0.5, 0.6) is 0 Å². The Balaban J connectivity index is 1.78. The topological polar surface area (TPSA) is 56.1 Å². The molecule has 2 aromatic rings. The van der Waals surface area contributed by atoms with Crippen LogP contribution in [0.3, 0.4) is 0 Å². The summed E-state index contributed by atoms with van der Waals surface area (Å²) in [6, 6.07) is 0. The molecule has 0 bridgehead atoms. The Morgan fingerprint density at radius 1 is 1.37 bits per heavy atom. The molecule has 19 heavy (non-hydrogen) atoms. The standard InChI is InChI=1S/C13H13N5O/c1-3-9-15-11-10(14-8-17(11)2)12(16-9)18-4-13(5-18)6-19-7-13/h1,8H,4-7H2,2H3. The predicted molar refractivity (Wildman–Crippen MR) is 69.7 cm³/mol. The van der Waals surface area contributed by atoms with E-state index in [1.165, 1.54) is 0 Å². The predicted octanol–water partition coefficient (Wildman–Crippen LogP) is 0.181. The molecule has 0 N–H and O–H groups in total. The van der Waals surface area contributed by atoms with Gasteiger partial charge in [0.2, 0.25) is 5.82 Å². The summed E-state index contributed by atoms with van der Waals surface area (Å²) >= 11 is 0. The van der Waals surface area contributed by atoms with Crippen molar-refractivity contribution in [3.05, 3.63) is 12.2 Å². The van der Waals surface area contributed by atoms with E-state index < -0.39 is 0 Å². The number of hydrogen-bond donors (Lipinski definition) is 0. The van der Waals surface area contributed by atoms with Crippen LogP contribution in [0.1, 0.15) is 5.82 Å². The third kappa shape index (κ3) is 1.39. The maximum Gasteiger partial charge on any atom is 0.208 e. The van der Waals surface area contributed by atoms with E-state index in [0.717, 1.165) is 43.3 Å². The second kappa shape index (κ2) is 3.45. The molecule has 2 aromatic heterocycles. The van der Waals surface area contributed by atoms with Crippen LogP contribution in [0.4, 0.5) is 5.82 Å². The fourth-order valence-corrected chi connectivity index (χ4v) is 2.76. The lowest BCUT2D eigenvalue weighted by atomic mass is 9.78. The van der Waals surface area contributed by atoms with Crippen molar-refractivity contribution >= 4 is 17.0 Å². The molecule has 0 aliphatic carbocycles. The van der Waals surface area contributed by atoms with Crippen LogP contribution in [0.2, 0.25) is 0 Å². The zero-order chi connectivity index (χ0) is 13.0. The molecule has 0 atom stereocenters. The van der Waals surface area contributed by atoms with Crippen molar-refractivity contribution < 1.29 is 4.74 Å². The van der Waals surface area contributed by atoms with Crippen LogP contribution in [0.25, 0.3) is 11.2 Å². The van der Waals surface area contributed by atoms with E-state index in [2.05, 4.69) is 25.8 Å². The number of aryl methyl sites for hydroxylation is 1. The van der Waals surface area contributed by atoms with Crippen molar-refractivity contribution in [1.82, 2.24) is 19.5 Å². The number of rotatable bonds is 1. The molecule has 0 aromatic carbocycles. The molecular weight excluding hydrogens is 242 g/mol. The van der Waals surface area contributed by atoms with Gasteiger partial charge in [-0.1, -0.05) is 0 Å². The molecule has 0 unspecified atom stereocenters.